The van der Waals surface area contributed by atoms with Gasteiger partial charge in [0.15, 0.2) is 0 Å². The fraction of sp³-hybridized carbons (Fsp3) is 0.476. The van der Waals surface area contributed by atoms with Crippen LogP contribution in [-0.4, -0.2) is 39.9 Å². The van der Waals surface area contributed by atoms with Crippen molar-refractivity contribution in [3.63, 3.8) is 0 Å². The van der Waals surface area contributed by atoms with E-state index in [2.05, 4.69) is 9.97 Å². The number of aromatic amines is 1. The van der Waals surface area contributed by atoms with Gasteiger partial charge < -0.3 is 14.6 Å². The summed E-state index contributed by atoms with van der Waals surface area (Å²) in [4.78, 5) is 34.9. The van der Waals surface area contributed by atoms with E-state index in [0.29, 0.717) is 35.7 Å². The second-order valence-corrected chi connectivity index (χ2v) is 6.99. The Morgan fingerprint density at radius 3 is 2.67 bits per heavy atom. The molecule has 2 aromatic rings. The van der Waals surface area contributed by atoms with Crippen molar-refractivity contribution in [2.75, 3.05) is 13.2 Å². The zero-order valence-corrected chi connectivity index (χ0v) is 16.2. The van der Waals surface area contributed by atoms with Gasteiger partial charge in [-0.1, -0.05) is 12.8 Å². The lowest BCUT2D eigenvalue weighted by Crippen LogP contribution is -2.35. The summed E-state index contributed by atoms with van der Waals surface area (Å²) in [6.45, 7) is 6.40. The van der Waals surface area contributed by atoms with Crippen molar-refractivity contribution < 1.29 is 14.3 Å². The Balaban J connectivity index is 1.95. The van der Waals surface area contributed by atoms with E-state index in [1.165, 1.54) is 0 Å². The maximum atomic E-state index is 13.4. The summed E-state index contributed by atoms with van der Waals surface area (Å²) < 4.78 is 5.15. The van der Waals surface area contributed by atoms with Crippen molar-refractivity contribution >= 4 is 11.9 Å². The number of esters is 1. The Bertz CT molecular complexity index is 814. The Morgan fingerprint density at radius 1 is 1.22 bits per heavy atom. The Hall–Kier alpha value is -2.63. The first-order valence-corrected chi connectivity index (χ1v) is 9.61. The number of rotatable bonds is 4. The minimum Gasteiger partial charge on any atom is -0.462 e. The number of carbonyl (C=O) groups excluding carboxylic acids is 2. The average molecular weight is 369 g/mol. The largest absolute Gasteiger partial charge is 0.462 e. The van der Waals surface area contributed by atoms with Crippen molar-refractivity contribution in [1.82, 2.24) is 14.9 Å². The second kappa shape index (κ2) is 8.37. The van der Waals surface area contributed by atoms with Crippen LogP contribution in [0.3, 0.4) is 0 Å². The number of aromatic nitrogens is 2. The highest BCUT2D eigenvalue weighted by Crippen LogP contribution is 2.32. The molecule has 3 heterocycles. The van der Waals surface area contributed by atoms with Gasteiger partial charge in [0.05, 0.1) is 18.2 Å². The maximum absolute atomic E-state index is 13.4. The summed E-state index contributed by atoms with van der Waals surface area (Å²) >= 11 is 0. The third-order valence-corrected chi connectivity index (χ3v) is 5.24. The zero-order chi connectivity index (χ0) is 19.4. The van der Waals surface area contributed by atoms with Gasteiger partial charge in [-0.2, -0.15) is 0 Å². The van der Waals surface area contributed by atoms with Gasteiger partial charge in [0.25, 0.3) is 5.91 Å². The number of likely N-dealkylation sites (tertiary alicyclic amines) is 1. The summed E-state index contributed by atoms with van der Waals surface area (Å²) in [5.74, 6) is -0.445. The molecule has 6 heteroatoms. The fourth-order valence-corrected chi connectivity index (χ4v) is 3.90. The van der Waals surface area contributed by atoms with Gasteiger partial charge in [-0.25, -0.2) is 4.79 Å². The minimum atomic E-state index is -0.385. The molecule has 3 rings (SSSR count). The van der Waals surface area contributed by atoms with Gasteiger partial charge >= 0.3 is 5.97 Å². The smallest absolute Gasteiger partial charge is 0.340 e. The summed E-state index contributed by atoms with van der Waals surface area (Å²) in [5.41, 5.74) is 3.39. The van der Waals surface area contributed by atoms with Gasteiger partial charge in [0.1, 0.15) is 5.69 Å². The second-order valence-electron chi connectivity index (χ2n) is 6.99. The molecule has 6 nitrogen and oxygen atoms in total. The molecule has 0 aliphatic carbocycles. The number of H-pyrrole nitrogens is 1. The number of ether oxygens (including phenoxy) is 1. The van der Waals surface area contributed by atoms with Crippen molar-refractivity contribution in [1.29, 1.82) is 0 Å². The molecule has 1 aliphatic rings. The molecule has 0 radical (unpaired) electrons. The molecular formula is C21H27N3O3. The summed E-state index contributed by atoms with van der Waals surface area (Å²) in [6.07, 6.45) is 7.66. The van der Waals surface area contributed by atoms with E-state index in [9.17, 15) is 9.59 Å². The number of hydrogen-bond acceptors (Lipinski definition) is 4. The lowest BCUT2D eigenvalue weighted by atomic mass is 10.0. The number of amides is 1. The van der Waals surface area contributed by atoms with Crippen LogP contribution in [0, 0.1) is 13.8 Å². The predicted octanol–water partition coefficient (Wildman–Crippen LogP) is 3.96. The summed E-state index contributed by atoms with van der Waals surface area (Å²) in [5, 5.41) is 0. The van der Waals surface area contributed by atoms with Crippen LogP contribution in [0.25, 0.3) is 0 Å². The van der Waals surface area contributed by atoms with E-state index in [0.717, 1.165) is 31.2 Å². The van der Waals surface area contributed by atoms with Crippen LogP contribution in [0.2, 0.25) is 0 Å². The first-order chi connectivity index (χ1) is 13.0. The monoisotopic (exact) mass is 369 g/mol. The van der Waals surface area contributed by atoms with Crippen LogP contribution in [-0.2, 0) is 4.74 Å². The van der Waals surface area contributed by atoms with Gasteiger partial charge in [0.2, 0.25) is 0 Å². The lowest BCUT2D eigenvalue weighted by molar-refractivity contribution is 0.0525. The first kappa shape index (κ1) is 19.1. The van der Waals surface area contributed by atoms with Crippen LogP contribution < -0.4 is 0 Å². The molecule has 1 amide bonds. The standard InChI is InChI=1S/C21H27N3O3/c1-4-27-21(26)18-14(2)19(23-15(18)3)20(25)24-13-7-5-6-8-17(24)16-9-11-22-12-10-16/h9-12,17,23H,4-8,13H2,1-3H3. The number of nitrogens with one attached hydrogen (secondary N) is 1. The molecule has 1 atom stereocenters. The summed E-state index contributed by atoms with van der Waals surface area (Å²) in [6, 6.07) is 3.98. The van der Waals surface area contributed by atoms with E-state index in [-0.39, 0.29) is 17.9 Å². The predicted molar refractivity (Wildman–Crippen MR) is 103 cm³/mol. The number of nitrogens with zero attached hydrogens (tertiary/aromatic N) is 2. The topological polar surface area (TPSA) is 75.3 Å². The van der Waals surface area contributed by atoms with Crippen LogP contribution >= 0.6 is 0 Å². The quantitative estimate of drug-likeness (QED) is 0.828. The SMILES string of the molecule is CCOC(=O)c1c(C)[nH]c(C(=O)N2CCCCCC2c2ccncc2)c1C. The molecular weight excluding hydrogens is 342 g/mol. The lowest BCUT2D eigenvalue weighted by Gasteiger charge is -2.30. The molecule has 0 aromatic carbocycles. The van der Waals surface area contributed by atoms with E-state index in [1.54, 1.807) is 26.2 Å². The summed E-state index contributed by atoms with van der Waals surface area (Å²) in [7, 11) is 0. The highest BCUT2D eigenvalue weighted by Gasteiger charge is 2.31. The van der Waals surface area contributed by atoms with E-state index in [4.69, 9.17) is 4.74 Å². The van der Waals surface area contributed by atoms with Crippen LogP contribution in [0.1, 0.15) is 76.3 Å². The highest BCUT2D eigenvalue weighted by molar-refractivity contribution is 6.00. The third kappa shape index (κ3) is 3.89. The molecule has 1 fully saturated rings. The minimum absolute atomic E-state index is 0.0250. The maximum Gasteiger partial charge on any atom is 0.340 e. The number of carbonyl (C=O) groups is 2. The molecule has 1 aliphatic heterocycles. The number of hydrogen-bond donors (Lipinski definition) is 1. The van der Waals surface area contributed by atoms with E-state index < -0.39 is 0 Å². The van der Waals surface area contributed by atoms with E-state index >= 15 is 0 Å². The van der Waals surface area contributed by atoms with Crippen molar-refractivity contribution in [3.8, 4) is 0 Å². The zero-order valence-electron chi connectivity index (χ0n) is 16.2. The van der Waals surface area contributed by atoms with E-state index in [1.807, 2.05) is 24.0 Å². The van der Waals surface area contributed by atoms with Gasteiger partial charge in [-0.15, -0.1) is 0 Å². The molecule has 0 bridgehead atoms. The molecule has 2 aromatic heterocycles. The van der Waals surface area contributed by atoms with Crippen LogP contribution in [0.15, 0.2) is 24.5 Å². The molecule has 1 N–H and O–H groups in total. The molecule has 1 unspecified atom stereocenters. The van der Waals surface area contributed by atoms with Crippen LogP contribution in [0.4, 0.5) is 0 Å². The van der Waals surface area contributed by atoms with Crippen molar-refractivity contribution in [2.45, 2.75) is 52.5 Å². The number of aryl methyl sites for hydroxylation is 1. The Labute approximate surface area is 159 Å². The molecule has 1 saturated heterocycles. The normalized spacial score (nSPS) is 17.4. The number of pyridine rings is 1. The molecule has 144 valence electrons. The molecule has 0 saturated carbocycles. The highest BCUT2D eigenvalue weighted by atomic mass is 16.5. The first-order valence-electron chi connectivity index (χ1n) is 9.61. The Morgan fingerprint density at radius 2 is 1.96 bits per heavy atom. The van der Waals surface area contributed by atoms with Gasteiger partial charge in [0, 0.05) is 24.6 Å². The van der Waals surface area contributed by atoms with Crippen molar-refractivity contribution in [2.24, 2.45) is 0 Å². The Kier molecular flexibility index (Phi) is 5.94. The molecule has 0 spiro atoms. The molecule has 27 heavy (non-hydrogen) atoms. The van der Waals surface area contributed by atoms with Crippen molar-refractivity contribution in [3.05, 3.63) is 52.6 Å². The van der Waals surface area contributed by atoms with Gasteiger partial charge in [-0.05, 0) is 56.9 Å². The average Bonchev–Trinajstić information content (AvgIpc) is 2.84. The fourth-order valence-electron chi connectivity index (χ4n) is 3.90. The van der Waals surface area contributed by atoms with Crippen LogP contribution in [0.5, 0.6) is 0 Å². The third-order valence-electron chi connectivity index (χ3n) is 5.24. The van der Waals surface area contributed by atoms with Gasteiger partial charge in [-0.3, -0.25) is 9.78 Å².